The molecule has 0 heterocycles. The van der Waals surface area contributed by atoms with E-state index in [1.54, 1.807) is 12.1 Å². The molecule has 0 aromatic heterocycles. The Morgan fingerprint density at radius 3 is 2.85 bits per heavy atom. The summed E-state index contributed by atoms with van der Waals surface area (Å²) < 4.78 is 18.6. The highest BCUT2D eigenvalue weighted by molar-refractivity contribution is 5.19. The van der Waals surface area contributed by atoms with Crippen LogP contribution in [0.25, 0.3) is 0 Å². The molecule has 0 radical (unpaired) electrons. The molecule has 0 bridgehead atoms. The molecule has 0 fully saturated rings. The summed E-state index contributed by atoms with van der Waals surface area (Å²) in [4.78, 5) is 0. The van der Waals surface area contributed by atoms with Crippen molar-refractivity contribution < 1.29 is 9.13 Å². The van der Waals surface area contributed by atoms with Crippen molar-refractivity contribution in [2.24, 2.45) is 5.73 Å². The molecule has 1 rings (SSSR count). The van der Waals surface area contributed by atoms with E-state index in [0.717, 1.165) is 11.1 Å². The first kappa shape index (κ1) is 16.8. The van der Waals surface area contributed by atoms with Crippen molar-refractivity contribution in [3.63, 3.8) is 0 Å². The van der Waals surface area contributed by atoms with Crippen molar-refractivity contribution >= 4 is 0 Å². The first-order valence-corrected chi connectivity index (χ1v) is 6.87. The van der Waals surface area contributed by atoms with E-state index >= 15 is 0 Å². The quantitative estimate of drug-likeness (QED) is 0.539. The SMILES string of the molecule is C=C(C)COCCNC(C)(CN)Cc1cccc(F)c1. The van der Waals surface area contributed by atoms with Crippen molar-refractivity contribution in [1.82, 2.24) is 5.32 Å². The number of nitrogens with one attached hydrogen (secondary N) is 1. The topological polar surface area (TPSA) is 47.3 Å². The van der Waals surface area contributed by atoms with Gasteiger partial charge in [0.2, 0.25) is 0 Å². The van der Waals surface area contributed by atoms with Crippen molar-refractivity contribution in [3.8, 4) is 0 Å². The highest BCUT2D eigenvalue weighted by atomic mass is 19.1. The van der Waals surface area contributed by atoms with E-state index in [1.807, 2.05) is 19.9 Å². The van der Waals surface area contributed by atoms with Crippen LogP contribution in [-0.2, 0) is 11.2 Å². The van der Waals surface area contributed by atoms with Gasteiger partial charge in [-0.2, -0.15) is 0 Å². The van der Waals surface area contributed by atoms with Gasteiger partial charge >= 0.3 is 0 Å². The fourth-order valence-corrected chi connectivity index (χ4v) is 1.98. The van der Waals surface area contributed by atoms with Gasteiger partial charge in [-0.3, -0.25) is 0 Å². The number of benzene rings is 1. The maximum absolute atomic E-state index is 13.2. The summed E-state index contributed by atoms with van der Waals surface area (Å²) in [7, 11) is 0. The second-order valence-electron chi connectivity index (χ2n) is 5.51. The molecule has 0 aliphatic carbocycles. The molecule has 0 spiro atoms. The number of rotatable bonds is 9. The molecule has 1 unspecified atom stereocenters. The summed E-state index contributed by atoms with van der Waals surface area (Å²) >= 11 is 0. The lowest BCUT2D eigenvalue weighted by Gasteiger charge is -2.30. The number of nitrogens with two attached hydrogens (primary N) is 1. The number of hydrogen-bond acceptors (Lipinski definition) is 3. The molecule has 112 valence electrons. The summed E-state index contributed by atoms with van der Waals surface area (Å²) in [5.41, 5.74) is 7.53. The van der Waals surface area contributed by atoms with Gasteiger partial charge in [0.05, 0.1) is 13.2 Å². The molecule has 0 aliphatic heterocycles. The third-order valence-corrected chi connectivity index (χ3v) is 3.08. The van der Waals surface area contributed by atoms with Gasteiger partial charge in [-0.15, -0.1) is 0 Å². The lowest BCUT2D eigenvalue weighted by molar-refractivity contribution is 0.149. The molecule has 0 saturated carbocycles. The van der Waals surface area contributed by atoms with E-state index in [1.165, 1.54) is 6.07 Å². The smallest absolute Gasteiger partial charge is 0.123 e. The van der Waals surface area contributed by atoms with Gasteiger partial charge in [-0.1, -0.05) is 24.3 Å². The first-order valence-electron chi connectivity index (χ1n) is 6.87. The summed E-state index contributed by atoms with van der Waals surface area (Å²) in [6, 6.07) is 6.63. The normalized spacial score (nSPS) is 14.0. The summed E-state index contributed by atoms with van der Waals surface area (Å²) in [5, 5.41) is 3.39. The standard InChI is InChI=1S/C16H25FN2O/c1-13(2)11-20-8-7-19-16(3,12-18)10-14-5-4-6-15(17)9-14/h4-6,9,19H,1,7-8,10-12,18H2,2-3H3. The van der Waals surface area contributed by atoms with Gasteiger partial charge in [-0.05, 0) is 38.0 Å². The Kier molecular flexibility index (Phi) is 6.85. The van der Waals surface area contributed by atoms with Gasteiger partial charge in [0, 0.05) is 18.6 Å². The molecule has 1 aromatic rings. The predicted molar refractivity (Wildman–Crippen MR) is 81.2 cm³/mol. The van der Waals surface area contributed by atoms with Crippen LogP contribution in [0.3, 0.4) is 0 Å². The average molecular weight is 280 g/mol. The van der Waals surface area contributed by atoms with Gasteiger partial charge in [-0.25, -0.2) is 4.39 Å². The summed E-state index contributed by atoms with van der Waals surface area (Å²) in [6.07, 6.45) is 0.682. The van der Waals surface area contributed by atoms with E-state index in [-0.39, 0.29) is 11.4 Å². The predicted octanol–water partition coefficient (Wildman–Crippen LogP) is 2.27. The molecular weight excluding hydrogens is 255 g/mol. The highest BCUT2D eigenvalue weighted by Gasteiger charge is 2.22. The molecule has 3 N–H and O–H groups in total. The lowest BCUT2D eigenvalue weighted by atomic mass is 9.93. The molecule has 4 heteroatoms. The maximum Gasteiger partial charge on any atom is 0.123 e. The van der Waals surface area contributed by atoms with E-state index in [0.29, 0.717) is 32.7 Å². The molecule has 0 aliphatic rings. The van der Waals surface area contributed by atoms with E-state index < -0.39 is 0 Å². The Morgan fingerprint density at radius 2 is 2.25 bits per heavy atom. The fraction of sp³-hybridized carbons (Fsp3) is 0.500. The third-order valence-electron chi connectivity index (χ3n) is 3.08. The zero-order chi connectivity index (χ0) is 15.0. The van der Waals surface area contributed by atoms with E-state index in [2.05, 4.69) is 11.9 Å². The van der Waals surface area contributed by atoms with Crippen LogP contribution in [0.2, 0.25) is 0 Å². The molecule has 0 amide bonds. The number of hydrogen-bond donors (Lipinski definition) is 2. The van der Waals surface area contributed by atoms with Crippen LogP contribution in [0.4, 0.5) is 4.39 Å². The zero-order valence-corrected chi connectivity index (χ0v) is 12.4. The van der Waals surface area contributed by atoms with E-state index in [9.17, 15) is 4.39 Å². The molecular formula is C16H25FN2O. The van der Waals surface area contributed by atoms with Crippen LogP contribution in [-0.4, -0.2) is 31.8 Å². The summed E-state index contributed by atoms with van der Waals surface area (Å²) in [6.45, 7) is 10.1. The minimum atomic E-state index is -0.264. The van der Waals surface area contributed by atoms with Crippen LogP contribution in [0.5, 0.6) is 0 Å². The number of halogens is 1. The Hall–Kier alpha value is -1.23. The van der Waals surface area contributed by atoms with Crippen LogP contribution in [0.15, 0.2) is 36.4 Å². The maximum atomic E-state index is 13.2. The van der Waals surface area contributed by atoms with Gasteiger partial charge in [0.25, 0.3) is 0 Å². The molecule has 0 saturated heterocycles. The number of ether oxygens (including phenoxy) is 1. The zero-order valence-electron chi connectivity index (χ0n) is 12.4. The first-order chi connectivity index (χ1) is 9.45. The lowest BCUT2D eigenvalue weighted by Crippen LogP contribution is -2.51. The van der Waals surface area contributed by atoms with Crippen molar-refractivity contribution in [2.75, 3.05) is 26.3 Å². The molecule has 20 heavy (non-hydrogen) atoms. The van der Waals surface area contributed by atoms with Gasteiger partial charge < -0.3 is 15.8 Å². The van der Waals surface area contributed by atoms with Crippen molar-refractivity contribution in [1.29, 1.82) is 0 Å². The Balaban J connectivity index is 2.44. The minimum absolute atomic E-state index is 0.216. The monoisotopic (exact) mass is 280 g/mol. The summed E-state index contributed by atoms with van der Waals surface area (Å²) in [5.74, 6) is -0.216. The van der Waals surface area contributed by atoms with Crippen molar-refractivity contribution in [2.45, 2.75) is 25.8 Å². The third kappa shape index (κ3) is 6.28. The fourth-order valence-electron chi connectivity index (χ4n) is 1.98. The highest BCUT2D eigenvalue weighted by Crippen LogP contribution is 2.13. The second-order valence-corrected chi connectivity index (χ2v) is 5.51. The van der Waals surface area contributed by atoms with Crippen molar-refractivity contribution in [3.05, 3.63) is 47.8 Å². The van der Waals surface area contributed by atoms with Crippen LogP contribution in [0.1, 0.15) is 19.4 Å². The molecule has 1 aromatic carbocycles. The molecule has 1 atom stereocenters. The Morgan fingerprint density at radius 1 is 1.50 bits per heavy atom. The molecule has 3 nitrogen and oxygen atoms in total. The van der Waals surface area contributed by atoms with E-state index in [4.69, 9.17) is 10.5 Å². The van der Waals surface area contributed by atoms with Crippen LogP contribution in [0, 0.1) is 5.82 Å². The Labute approximate surface area is 121 Å². The van der Waals surface area contributed by atoms with Gasteiger partial charge in [0.1, 0.15) is 5.82 Å². The van der Waals surface area contributed by atoms with Crippen LogP contribution >= 0.6 is 0 Å². The Bertz CT molecular complexity index is 436. The second kappa shape index (κ2) is 8.15. The van der Waals surface area contributed by atoms with Crippen LogP contribution < -0.4 is 11.1 Å². The average Bonchev–Trinajstić information content (AvgIpc) is 2.38. The minimum Gasteiger partial charge on any atom is -0.376 e. The van der Waals surface area contributed by atoms with Gasteiger partial charge in [0.15, 0.2) is 0 Å². The largest absolute Gasteiger partial charge is 0.376 e.